The van der Waals surface area contributed by atoms with E-state index in [-0.39, 0.29) is 18.2 Å². The molecular formula is C20H24N2O3S. The number of pyridine rings is 1. The molecule has 6 heteroatoms. The van der Waals surface area contributed by atoms with Gasteiger partial charge in [-0.2, -0.15) is 4.31 Å². The topological polar surface area (TPSA) is 59.5 Å². The summed E-state index contributed by atoms with van der Waals surface area (Å²) in [6.07, 6.45) is 4.97. The van der Waals surface area contributed by atoms with Gasteiger partial charge in [0.15, 0.2) is 0 Å². The van der Waals surface area contributed by atoms with Gasteiger partial charge < -0.3 is 4.74 Å². The lowest BCUT2D eigenvalue weighted by Gasteiger charge is -2.37. The van der Waals surface area contributed by atoms with Crippen molar-refractivity contribution in [3.63, 3.8) is 0 Å². The number of aromatic nitrogens is 1. The number of hydrogen-bond acceptors (Lipinski definition) is 4. The lowest BCUT2D eigenvalue weighted by atomic mass is 10.0. The maximum Gasteiger partial charge on any atom is 0.243 e. The van der Waals surface area contributed by atoms with Gasteiger partial charge in [-0.25, -0.2) is 13.4 Å². The van der Waals surface area contributed by atoms with Gasteiger partial charge in [-0.3, -0.25) is 0 Å². The molecule has 3 heterocycles. The Balaban J connectivity index is 1.56. The summed E-state index contributed by atoms with van der Waals surface area (Å²) >= 11 is 0. The van der Waals surface area contributed by atoms with E-state index >= 15 is 0 Å². The highest BCUT2D eigenvalue weighted by atomic mass is 32.2. The van der Waals surface area contributed by atoms with Gasteiger partial charge in [-0.15, -0.1) is 0 Å². The van der Waals surface area contributed by atoms with E-state index in [0.717, 1.165) is 36.8 Å². The fraction of sp³-hybridized carbons (Fsp3) is 0.450. The first-order valence-corrected chi connectivity index (χ1v) is 10.6. The average Bonchev–Trinajstić information content (AvgIpc) is 2.88. The molecular weight excluding hydrogens is 348 g/mol. The van der Waals surface area contributed by atoms with Crippen molar-refractivity contribution in [2.45, 2.75) is 62.6 Å². The predicted octanol–water partition coefficient (Wildman–Crippen LogP) is 3.46. The van der Waals surface area contributed by atoms with Crippen LogP contribution in [0.2, 0.25) is 0 Å². The molecule has 4 rings (SSSR count). The minimum atomic E-state index is -3.48. The van der Waals surface area contributed by atoms with E-state index in [0.29, 0.717) is 10.8 Å². The van der Waals surface area contributed by atoms with Crippen LogP contribution in [0.1, 0.15) is 36.8 Å². The Bertz CT molecular complexity index is 885. The zero-order valence-corrected chi connectivity index (χ0v) is 15.9. The van der Waals surface area contributed by atoms with Crippen molar-refractivity contribution in [3.05, 3.63) is 53.7 Å². The number of ether oxygens (including phenoxy) is 1. The Morgan fingerprint density at radius 3 is 2.42 bits per heavy atom. The van der Waals surface area contributed by atoms with Crippen LogP contribution in [0.4, 0.5) is 0 Å². The second kappa shape index (κ2) is 6.67. The van der Waals surface area contributed by atoms with Gasteiger partial charge in [-0.05, 0) is 44.4 Å². The zero-order chi connectivity index (χ0) is 18.3. The van der Waals surface area contributed by atoms with Gasteiger partial charge in [-0.1, -0.05) is 23.8 Å². The molecule has 1 aromatic carbocycles. The van der Waals surface area contributed by atoms with E-state index in [4.69, 9.17) is 4.74 Å². The summed E-state index contributed by atoms with van der Waals surface area (Å²) in [4.78, 5) is 4.66. The standard InChI is InChI=1S/C20H24N2O3S/c1-14-6-9-19(15(2)11-14)26(23,24)22-16-7-8-17(22)13-18(12-16)25-20-5-3-4-10-21-20/h3-6,9-11,16-18H,7-8,12-13H2,1-2H3. The Kier molecular flexibility index (Phi) is 4.49. The number of fused-ring (bicyclic) bond motifs is 2. The van der Waals surface area contributed by atoms with E-state index in [1.54, 1.807) is 16.6 Å². The fourth-order valence-electron chi connectivity index (χ4n) is 4.36. The third kappa shape index (κ3) is 3.12. The molecule has 2 fully saturated rings. The Labute approximate surface area is 155 Å². The molecule has 2 aromatic rings. The molecule has 2 bridgehead atoms. The molecule has 2 aliphatic heterocycles. The molecule has 0 N–H and O–H groups in total. The predicted molar refractivity (Wildman–Crippen MR) is 99.6 cm³/mol. The van der Waals surface area contributed by atoms with Crippen molar-refractivity contribution < 1.29 is 13.2 Å². The van der Waals surface area contributed by atoms with Crippen LogP contribution in [0.3, 0.4) is 0 Å². The van der Waals surface area contributed by atoms with Gasteiger partial charge in [0.1, 0.15) is 6.10 Å². The highest BCUT2D eigenvalue weighted by Gasteiger charge is 2.48. The maximum absolute atomic E-state index is 13.3. The molecule has 2 atom stereocenters. The van der Waals surface area contributed by atoms with E-state index in [2.05, 4.69) is 4.98 Å². The van der Waals surface area contributed by atoms with Gasteiger partial charge in [0.2, 0.25) is 15.9 Å². The van der Waals surface area contributed by atoms with Crippen LogP contribution in [0.5, 0.6) is 5.88 Å². The zero-order valence-electron chi connectivity index (χ0n) is 15.1. The third-order valence-corrected chi connectivity index (χ3v) is 7.60. The summed E-state index contributed by atoms with van der Waals surface area (Å²) in [5.74, 6) is 0.614. The number of nitrogens with zero attached hydrogens (tertiary/aromatic N) is 2. The van der Waals surface area contributed by atoms with Crippen LogP contribution in [0, 0.1) is 13.8 Å². The van der Waals surface area contributed by atoms with Crippen LogP contribution in [0.15, 0.2) is 47.5 Å². The second-order valence-electron chi connectivity index (χ2n) is 7.37. The van der Waals surface area contributed by atoms with Crippen molar-refractivity contribution in [1.82, 2.24) is 9.29 Å². The van der Waals surface area contributed by atoms with Gasteiger partial charge in [0.25, 0.3) is 0 Å². The number of hydrogen-bond donors (Lipinski definition) is 0. The number of sulfonamides is 1. The van der Waals surface area contributed by atoms with E-state index in [1.807, 2.05) is 44.2 Å². The molecule has 138 valence electrons. The first-order chi connectivity index (χ1) is 12.4. The third-order valence-electron chi connectivity index (χ3n) is 5.43. The van der Waals surface area contributed by atoms with E-state index in [9.17, 15) is 8.42 Å². The van der Waals surface area contributed by atoms with E-state index in [1.165, 1.54) is 0 Å². The number of piperidine rings is 1. The Morgan fingerprint density at radius 2 is 1.81 bits per heavy atom. The fourth-order valence-corrected chi connectivity index (χ4v) is 6.46. The second-order valence-corrected chi connectivity index (χ2v) is 9.18. The number of rotatable bonds is 4. The minimum Gasteiger partial charge on any atom is -0.474 e. The maximum atomic E-state index is 13.3. The quantitative estimate of drug-likeness (QED) is 0.825. The van der Waals surface area contributed by atoms with Crippen LogP contribution < -0.4 is 4.74 Å². The lowest BCUT2D eigenvalue weighted by molar-refractivity contribution is 0.0918. The van der Waals surface area contributed by atoms with Crippen LogP contribution >= 0.6 is 0 Å². The Hall–Kier alpha value is -1.92. The van der Waals surface area contributed by atoms with E-state index < -0.39 is 10.0 Å². The van der Waals surface area contributed by atoms with Crippen LogP contribution in [0.25, 0.3) is 0 Å². The van der Waals surface area contributed by atoms with Crippen LogP contribution in [-0.2, 0) is 10.0 Å². The summed E-state index contributed by atoms with van der Waals surface area (Å²) in [6.45, 7) is 3.85. The van der Waals surface area contributed by atoms with Gasteiger partial charge >= 0.3 is 0 Å². The monoisotopic (exact) mass is 372 g/mol. The van der Waals surface area contributed by atoms with Crippen LogP contribution in [-0.4, -0.2) is 35.9 Å². The lowest BCUT2D eigenvalue weighted by Crippen LogP contribution is -2.49. The molecule has 2 aliphatic rings. The smallest absolute Gasteiger partial charge is 0.243 e. The summed E-state index contributed by atoms with van der Waals surface area (Å²) in [5.41, 5.74) is 1.89. The van der Waals surface area contributed by atoms with Crippen molar-refractivity contribution in [2.75, 3.05) is 0 Å². The molecule has 1 aromatic heterocycles. The summed E-state index contributed by atoms with van der Waals surface area (Å²) in [7, 11) is -3.48. The van der Waals surface area contributed by atoms with Crippen molar-refractivity contribution in [2.24, 2.45) is 0 Å². The minimum absolute atomic E-state index is 0.00756. The summed E-state index contributed by atoms with van der Waals surface area (Å²) < 4.78 is 34.4. The summed E-state index contributed by atoms with van der Waals surface area (Å²) in [5, 5.41) is 0. The van der Waals surface area contributed by atoms with Crippen molar-refractivity contribution in [3.8, 4) is 5.88 Å². The molecule has 0 amide bonds. The van der Waals surface area contributed by atoms with Crippen molar-refractivity contribution in [1.29, 1.82) is 0 Å². The molecule has 2 unspecified atom stereocenters. The van der Waals surface area contributed by atoms with Gasteiger partial charge in [0.05, 0.1) is 4.90 Å². The Morgan fingerprint density at radius 1 is 1.08 bits per heavy atom. The normalized spacial score (nSPS) is 26.0. The van der Waals surface area contributed by atoms with Crippen molar-refractivity contribution >= 4 is 10.0 Å². The number of benzene rings is 1. The largest absolute Gasteiger partial charge is 0.474 e. The first kappa shape index (κ1) is 17.5. The first-order valence-electron chi connectivity index (χ1n) is 9.13. The molecule has 0 spiro atoms. The molecule has 2 saturated heterocycles. The molecule has 0 radical (unpaired) electrons. The molecule has 5 nitrogen and oxygen atoms in total. The highest BCUT2D eigenvalue weighted by molar-refractivity contribution is 7.89. The average molecular weight is 372 g/mol. The van der Waals surface area contributed by atoms with Gasteiger partial charge in [0, 0.05) is 37.2 Å². The molecule has 0 aliphatic carbocycles. The summed E-state index contributed by atoms with van der Waals surface area (Å²) in [6, 6.07) is 11.2. The number of aryl methyl sites for hydroxylation is 2. The SMILES string of the molecule is Cc1ccc(S(=O)(=O)N2C3CCC2CC(Oc2ccccn2)C3)c(C)c1. The molecule has 0 saturated carbocycles. The highest BCUT2D eigenvalue weighted by Crippen LogP contribution is 2.41. The molecule has 26 heavy (non-hydrogen) atoms.